The van der Waals surface area contributed by atoms with E-state index in [1.807, 2.05) is 25.1 Å². The monoisotopic (exact) mass is 363 g/mol. The minimum atomic E-state index is -0.157. The second-order valence-electron chi connectivity index (χ2n) is 6.77. The molecular formula is C20H21N5O2. The maximum Gasteiger partial charge on any atom is 0.272 e. The second kappa shape index (κ2) is 7.28. The normalized spacial score (nSPS) is 16.2. The number of rotatable bonds is 4. The molecule has 2 aromatic heterocycles. The molecule has 3 heterocycles. The van der Waals surface area contributed by atoms with E-state index in [1.54, 1.807) is 23.2 Å². The Morgan fingerprint density at radius 3 is 2.78 bits per heavy atom. The molecule has 0 unspecified atom stereocenters. The number of aromatic nitrogens is 4. The number of amides is 1. The first-order valence-corrected chi connectivity index (χ1v) is 8.95. The Morgan fingerprint density at radius 1 is 1.19 bits per heavy atom. The zero-order valence-corrected chi connectivity index (χ0v) is 15.1. The van der Waals surface area contributed by atoms with E-state index in [0.717, 1.165) is 18.1 Å². The summed E-state index contributed by atoms with van der Waals surface area (Å²) in [5.74, 6) is 1.49. The summed E-state index contributed by atoms with van der Waals surface area (Å²) in [6.45, 7) is 2.78. The highest BCUT2D eigenvalue weighted by Crippen LogP contribution is 2.26. The van der Waals surface area contributed by atoms with Gasteiger partial charge in [0.05, 0.1) is 19.2 Å². The van der Waals surface area contributed by atoms with Gasteiger partial charge < -0.3 is 14.6 Å². The molecule has 0 radical (unpaired) electrons. The van der Waals surface area contributed by atoms with E-state index in [2.05, 4.69) is 31.9 Å². The highest BCUT2D eigenvalue weighted by atomic mass is 16.3. The lowest BCUT2D eigenvalue weighted by Gasteiger charge is -2.34. The van der Waals surface area contributed by atoms with Crippen molar-refractivity contribution in [3.05, 3.63) is 77.1 Å². The van der Waals surface area contributed by atoms with Crippen LogP contribution < -0.4 is 0 Å². The van der Waals surface area contributed by atoms with E-state index in [1.165, 1.54) is 5.56 Å². The Kier molecular flexibility index (Phi) is 4.68. The molecule has 3 aromatic rings. The number of aliphatic hydroxyl groups is 1. The molecule has 0 bridgehead atoms. The maximum absolute atomic E-state index is 13.0. The van der Waals surface area contributed by atoms with E-state index in [-0.39, 0.29) is 18.6 Å². The van der Waals surface area contributed by atoms with Crippen molar-refractivity contribution in [1.29, 1.82) is 0 Å². The van der Waals surface area contributed by atoms with Gasteiger partial charge in [-0.2, -0.15) is 0 Å². The van der Waals surface area contributed by atoms with Gasteiger partial charge in [0.1, 0.15) is 11.5 Å². The number of hydrogen-bond acceptors (Lipinski definition) is 5. The summed E-state index contributed by atoms with van der Waals surface area (Å²) in [4.78, 5) is 19.0. The van der Waals surface area contributed by atoms with Crippen molar-refractivity contribution in [1.82, 2.24) is 24.6 Å². The molecular weight excluding hydrogens is 342 g/mol. The van der Waals surface area contributed by atoms with Crippen LogP contribution >= 0.6 is 0 Å². The third-order valence-corrected chi connectivity index (χ3v) is 4.89. The molecule has 0 spiro atoms. The smallest absolute Gasteiger partial charge is 0.272 e. The number of nitrogens with zero attached hydrogens (tertiary/aromatic N) is 5. The summed E-state index contributed by atoms with van der Waals surface area (Å²) in [7, 11) is 0. The van der Waals surface area contributed by atoms with Gasteiger partial charge in [0, 0.05) is 12.7 Å². The molecule has 1 aromatic carbocycles. The third kappa shape index (κ3) is 3.46. The first-order valence-electron chi connectivity index (χ1n) is 8.95. The van der Waals surface area contributed by atoms with Crippen LogP contribution in [0.1, 0.15) is 39.3 Å². The van der Waals surface area contributed by atoms with Crippen molar-refractivity contribution in [2.45, 2.75) is 32.5 Å². The number of carbonyl (C=O) groups is 1. The molecule has 0 saturated heterocycles. The minimum Gasteiger partial charge on any atom is -0.392 e. The van der Waals surface area contributed by atoms with E-state index in [0.29, 0.717) is 24.3 Å². The van der Waals surface area contributed by atoms with E-state index >= 15 is 0 Å². The Hall–Kier alpha value is -3.06. The molecule has 1 aliphatic heterocycles. The number of benzene rings is 1. The molecule has 27 heavy (non-hydrogen) atoms. The predicted octanol–water partition coefficient (Wildman–Crippen LogP) is 1.91. The van der Waals surface area contributed by atoms with Crippen LogP contribution in [0.3, 0.4) is 0 Å². The van der Waals surface area contributed by atoms with Gasteiger partial charge >= 0.3 is 0 Å². The van der Waals surface area contributed by atoms with Crippen molar-refractivity contribution >= 4 is 5.91 Å². The summed E-state index contributed by atoms with van der Waals surface area (Å²) in [5, 5.41) is 17.8. The first kappa shape index (κ1) is 17.4. The summed E-state index contributed by atoms with van der Waals surface area (Å²) in [6.07, 6.45) is 2.34. The topological polar surface area (TPSA) is 84.1 Å². The van der Waals surface area contributed by atoms with Crippen LogP contribution in [-0.4, -0.2) is 42.2 Å². The van der Waals surface area contributed by atoms with Crippen LogP contribution in [0.2, 0.25) is 0 Å². The Labute approximate surface area is 157 Å². The molecule has 1 aliphatic rings. The van der Waals surface area contributed by atoms with Gasteiger partial charge in [0.2, 0.25) is 0 Å². The zero-order chi connectivity index (χ0) is 18.8. The standard InChI is InChI=1S/C20H21N5O2/c1-14-22-23-19-12-24(20(27)18-10-16(13-26)7-8-21-18)11-17(25(14)19)9-15-5-3-2-4-6-15/h2-8,10,17,26H,9,11-13H2,1H3/t17-/m1/s1. The Balaban J connectivity index is 1.63. The van der Waals surface area contributed by atoms with Gasteiger partial charge in [0.15, 0.2) is 5.82 Å². The fourth-order valence-electron chi connectivity index (χ4n) is 3.62. The maximum atomic E-state index is 13.0. The van der Waals surface area contributed by atoms with Crippen LogP contribution in [0.15, 0.2) is 48.7 Å². The van der Waals surface area contributed by atoms with Crippen LogP contribution in [0.4, 0.5) is 0 Å². The number of pyridine rings is 1. The Morgan fingerprint density at radius 2 is 2.00 bits per heavy atom. The highest BCUT2D eigenvalue weighted by molar-refractivity contribution is 5.92. The summed E-state index contributed by atoms with van der Waals surface area (Å²) in [6, 6.07) is 13.6. The fourth-order valence-corrected chi connectivity index (χ4v) is 3.62. The number of carbonyl (C=O) groups excluding carboxylic acids is 1. The molecule has 7 heteroatoms. The highest BCUT2D eigenvalue weighted by Gasteiger charge is 2.31. The first-order chi connectivity index (χ1) is 13.2. The number of fused-ring (bicyclic) bond motifs is 1. The lowest BCUT2D eigenvalue weighted by atomic mass is 10.0. The molecule has 7 nitrogen and oxygen atoms in total. The lowest BCUT2D eigenvalue weighted by molar-refractivity contribution is 0.0666. The molecule has 1 N–H and O–H groups in total. The summed E-state index contributed by atoms with van der Waals surface area (Å²) < 4.78 is 2.13. The van der Waals surface area contributed by atoms with Crippen molar-refractivity contribution in [3.8, 4) is 0 Å². The number of aliphatic hydroxyl groups excluding tert-OH is 1. The van der Waals surface area contributed by atoms with E-state index < -0.39 is 0 Å². The van der Waals surface area contributed by atoms with Gasteiger partial charge in [-0.1, -0.05) is 30.3 Å². The third-order valence-electron chi connectivity index (χ3n) is 4.89. The average Bonchev–Trinajstić information content (AvgIpc) is 3.09. The predicted molar refractivity (Wildman–Crippen MR) is 98.8 cm³/mol. The van der Waals surface area contributed by atoms with Gasteiger partial charge in [-0.25, -0.2) is 0 Å². The largest absolute Gasteiger partial charge is 0.392 e. The van der Waals surface area contributed by atoms with Crippen molar-refractivity contribution in [2.75, 3.05) is 6.54 Å². The average molecular weight is 363 g/mol. The summed E-state index contributed by atoms with van der Waals surface area (Å²) in [5.41, 5.74) is 2.21. The van der Waals surface area contributed by atoms with Crippen LogP contribution in [0, 0.1) is 6.92 Å². The van der Waals surface area contributed by atoms with Crippen LogP contribution in [0.5, 0.6) is 0 Å². The van der Waals surface area contributed by atoms with Crippen molar-refractivity contribution in [3.63, 3.8) is 0 Å². The molecule has 1 amide bonds. The summed E-state index contributed by atoms with van der Waals surface area (Å²) >= 11 is 0. The quantitative estimate of drug-likeness (QED) is 0.765. The van der Waals surface area contributed by atoms with Gasteiger partial charge in [-0.05, 0) is 36.6 Å². The van der Waals surface area contributed by atoms with Gasteiger partial charge in [-0.3, -0.25) is 9.78 Å². The molecule has 0 aliphatic carbocycles. The second-order valence-corrected chi connectivity index (χ2v) is 6.77. The van der Waals surface area contributed by atoms with Crippen LogP contribution in [-0.2, 0) is 19.6 Å². The lowest BCUT2D eigenvalue weighted by Crippen LogP contribution is -2.42. The van der Waals surface area contributed by atoms with Crippen molar-refractivity contribution < 1.29 is 9.90 Å². The van der Waals surface area contributed by atoms with Gasteiger partial charge in [0.25, 0.3) is 5.91 Å². The minimum absolute atomic E-state index is 0.0659. The molecule has 0 saturated carbocycles. The zero-order valence-electron chi connectivity index (χ0n) is 15.1. The van der Waals surface area contributed by atoms with E-state index in [9.17, 15) is 9.90 Å². The number of hydrogen-bond donors (Lipinski definition) is 1. The molecule has 4 rings (SSSR count). The van der Waals surface area contributed by atoms with E-state index in [4.69, 9.17) is 0 Å². The SMILES string of the molecule is Cc1nnc2n1[C@H](Cc1ccccc1)CN(C(=O)c1cc(CO)ccn1)C2. The molecule has 0 fully saturated rings. The molecule has 1 atom stereocenters. The van der Waals surface area contributed by atoms with Gasteiger partial charge in [-0.15, -0.1) is 10.2 Å². The molecule has 138 valence electrons. The Bertz CT molecular complexity index is 954. The van der Waals surface area contributed by atoms with Crippen molar-refractivity contribution in [2.24, 2.45) is 0 Å². The van der Waals surface area contributed by atoms with Crippen LogP contribution in [0.25, 0.3) is 0 Å². The number of aryl methyl sites for hydroxylation is 1. The fraction of sp³-hybridized carbons (Fsp3) is 0.300.